The van der Waals surface area contributed by atoms with Crippen molar-refractivity contribution in [3.63, 3.8) is 0 Å². The number of anilines is 1. The summed E-state index contributed by atoms with van der Waals surface area (Å²) in [4.78, 5) is 31.0. The van der Waals surface area contributed by atoms with Gasteiger partial charge in [0.15, 0.2) is 23.9 Å². The summed E-state index contributed by atoms with van der Waals surface area (Å²) in [6.45, 7) is -0.416. The monoisotopic (exact) mass is 630 g/mol. The molecule has 0 aliphatic rings. The first kappa shape index (κ1) is 28.9. The Morgan fingerprint density at radius 2 is 1.84 bits per heavy atom. The molecule has 0 fully saturated rings. The molecule has 4 aromatic carbocycles. The van der Waals surface area contributed by atoms with Crippen molar-refractivity contribution in [2.45, 2.75) is 0 Å². The number of carbonyl (C=O) groups excluding carboxylic acids is 1. The third-order valence-electron chi connectivity index (χ3n) is 6.51. The van der Waals surface area contributed by atoms with E-state index < -0.39 is 23.9 Å². The van der Waals surface area contributed by atoms with E-state index in [0.717, 1.165) is 10.1 Å². The molecule has 6 aromatic rings. The zero-order valence-electron chi connectivity index (χ0n) is 22.9. The molecule has 0 unspecified atom stereocenters. The highest BCUT2D eigenvalue weighted by atomic mass is 35.5. The molecule has 0 bridgehead atoms. The number of methoxy groups -OCH3 is 1. The summed E-state index contributed by atoms with van der Waals surface area (Å²) in [5.41, 5.74) is 1.27. The molecule has 0 aliphatic heterocycles. The van der Waals surface area contributed by atoms with Crippen molar-refractivity contribution in [3.05, 3.63) is 117 Å². The summed E-state index contributed by atoms with van der Waals surface area (Å²) >= 11 is 12.5. The molecule has 1 amide bonds. The van der Waals surface area contributed by atoms with Gasteiger partial charge in [0.25, 0.3) is 11.5 Å². The number of para-hydroxylation sites is 1. The number of benzene rings is 4. The Labute approximate surface area is 259 Å². The van der Waals surface area contributed by atoms with Gasteiger partial charge in [0.2, 0.25) is 5.82 Å². The van der Waals surface area contributed by atoms with Gasteiger partial charge in [-0.25, -0.2) is 9.37 Å². The number of rotatable bonds is 8. The molecule has 44 heavy (non-hydrogen) atoms. The van der Waals surface area contributed by atoms with Crippen LogP contribution in [0.5, 0.6) is 11.5 Å². The summed E-state index contributed by atoms with van der Waals surface area (Å²) in [7, 11) is 1.42. The van der Waals surface area contributed by atoms with Gasteiger partial charge in [-0.2, -0.15) is 9.78 Å². The largest absolute Gasteiger partial charge is 0.493 e. The fourth-order valence-corrected chi connectivity index (χ4v) is 4.89. The number of amides is 1. The van der Waals surface area contributed by atoms with Crippen LogP contribution in [0.4, 0.5) is 10.1 Å². The highest BCUT2D eigenvalue weighted by Gasteiger charge is 2.18. The zero-order chi connectivity index (χ0) is 30.8. The maximum Gasteiger partial charge on any atom is 0.282 e. The predicted molar refractivity (Wildman–Crippen MR) is 168 cm³/mol. The molecule has 2 heterocycles. The van der Waals surface area contributed by atoms with E-state index >= 15 is 0 Å². The molecule has 2 aromatic heterocycles. The van der Waals surface area contributed by atoms with E-state index in [2.05, 4.69) is 15.4 Å². The number of hydrogen-bond acceptors (Lipinski definition) is 7. The number of nitrogens with one attached hydrogen (secondary N) is 1. The summed E-state index contributed by atoms with van der Waals surface area (Å²) in [5, 5.41) is 8.98. The van der Waals surface area contributed by atoms with Crippen LogP contribution in [0.2, 0.25) is 10.0 Å². The molecule has 12 heteroatoms. The maximum absolute atomic E-state index is 13.7. The van der Waals surface area contributed by atoms with E-state index in [1.807, 2.05) is 0 Å². The summed E-state index contributed by atoms with van der Waals surface area (Å²) in [5.74, 6) is -0.114. The van der Waals surface area contributed by atoms with Crippen molar-refractivity contribution >= 4 is 62.9 Å². The van der Waals surface area contributed by atoms with Gasteiger partial charge >= 0.3 is 0 Å². The number of nitrogens with zero attached hydrogens (tertiary/aromatic N) is 3. The average Bonchev–Trinajstić information content (AvgIpc) is 3.44. The van der Waals surface area contributed by atoms with Crippen LogP contribution < -0.4 is 20.3 Å². The molecule has 1 N–H and O–H groups in total. The van der Waals surface area contributed by atoms with Crippen molar-refractivity contribution in [1.29, 1.82) is 0 Å². The minimum Gasteiger partial charge on any atom is -0.493 e. The van der Waals surface area contributed by atoms with Crippen molar-refractivity contribution in [2.24, 2.45) is 5.10 Å². The molecular formula is C32H21Cl2FN4O5. The summed E-state index contributed by atoms with van der Waals surface area (Å²) < 4.78 is 31.6. The second kappa shape index (κ2) is 12.2. The number of ether oxygens (including phenoxy) is 2. The predicted octanol–water partition coefficient (Wildman–Crippen LogP) is 7.16. The van der Waals surface area contributed by atoms with Crippen LogP contribution in [-0.2, 0) is 4.79 Å². The Balaban J connectivity index is 1.39. The fourth-order valence-electron chi connectivity index (χ4n) is 4.49. The van der Waals surface area contributed by atoms with Crippen LogP contribution >= 0.6 is 23.2 Å². The zero-order valence-corrected chi connectivity index (χ0v) is 24.4. The Morgan fingerprint density at radius 3 is 2.64 bits per heavy atom. The maximum atomic E-state index is 13.7. The van der Waals surface area contributed by atoms with Crippen molar-refractivity contribution in [3.8, 4) is 23.1 Å². The number of halogens is 3. The lowest BCUT2D eigenvalue weighted by atomic mass is 10.2. The molecule has 0 radical (unpaired) electrons. The Morgan fingerprint density at radius 1 is 1.05 bits per heavy atom. The Bertz CT molecular complexity index is 2130. The van der Waals surface area contributed by atoms with E-state index in [4.69, 9.17) is 37.1 Å². The van der Waals surface area contributed by atoms with E-state index in [1.165, 1.54) is 43.7 Å². The minimum atomic E-state index is -0.501. The quantitative estimate of drug-likeness (QED) is 0.179. The Hall–Kier alpha value is -5.19. The number of carbonyl (C=O) groups is 1. The van der Waals surface area contributed by atoms with Crippen LogP contribution in [0.3, 0.4) is 0 Å². The SMILES string of the molecule is COc1cc(Cl)cc(C=Nn2c(-c3cc4cc(Cl)ccc4o3)nc3ccccc3c2=O)c1OCC(=O)Nc1ccc(F)cc1. The smallest absolute Gasteiger partial charge is 0.282 e. The third kappa shape index (κ3) is 5.98. The normalized spacial score (nSPS) is 11.4. The summed E-state index contributed by atoms with van der Waals surface area (Å²) in [6.07, 6.45) is 1.35. The van der Waals surface area contributed by atoms with Crippen LogP contribution in [0.15, 0.2) is 99.2 Å². The first-order valence-corrected chi connectivity index (χ1v) is 13.9. The van der Waals surface area contributed by atoms with E-state index in [9.17, 15) is 14.0 Å². The van der Waals surface area contributed by atoms with Gasteiger partial charge in [-0.1, -0.05) is 35.3 Å². The van der Waals surface area contributed by atoms with Gasteiger partial charge < -0.3 is 19.2 Å². The van der Waals surface area contributed by atoms with Crippen LogP contribution in [0, 0.1) is 5.82 Å². The van der Waals surface area contributed by atoms with E-state index in [-0.39, 0.29) is 17.3 Å². The van der Waals surface area contributed by atoms with Crippen molar-refractivity contribution in [1.82, 2.24) is 9.66 Å². The number of furan rings is 1. The average molecular weight is 631 g/mol. The number of hydrogen-bond donors (Lipinski definition) is 1. The van der Waals surface area contributed by atoms with E-state index in [0.29, 0.717) is 43.5 Å². The van der Waals surface area contributed by atoms with Crippen LogP contribution in [0.1, 0.15) is 5.56 Å². The summed E-state index contributed by atoms with van der Waals surface area (Å²) in [6, 6.07) is 22.1. The fraction of sp³-hybridized carbons (Fsp3) is 0.0625. The van der Waals surface area contributed by atoms with Crippen molar-refractivity contribution < 1.29 is 23.1 Å². The Kier molecular flexibility index (Phi) is 8.01. The first-order valence-electron chi connectivity index (χ1n) is 13.1. The third-order valence-corrected chi connectivity index (χ3v) is 6.96. The van der Waals surface area contributed by atoms with E-state index in [1.54, 1.807) is 54.6 Å². The number of aromatic nitrogens is 2. The molecule has 0 spiro atoms. The standard InChI is InChI=1S/C32H21Cl2FN4O5/c1-42-27-15-21(34)13-19(30(27)43-17-29(40)37-23-9-7-22(35)8-10-23)16-36-39-31(38-25-5-3-2-4-24(25)32(39)41)28-14-18-12-20(33)6-11-26(18)44-28/h2-16H,17H2,1H3,(H,37,40). The second-order valence-corrected chi connectivity index (χ2v) is 10.3. The highest BCUT2D eigenvalue weighted by molar-refractivity contribution is 6.31. The number of fused-ring (bicyclic) bond motifs is 2. The molecule has 220 valence electrons. The van der Waals surface area contributed by atoms with Crippen LogP contribution in [0.25, 0.3) is 33.5 Å². The molecule has 9 nitrogen and oxygen atoms in total. The van der Waals surface area contributed by atoms with Gasteiger partial charge in [-0.05, 0) is 66.7 Å². The molecule has 0 saturated heterocycles. The lowest BCUT2D eigenvalue weighted by Gasteiger charge is -2.14. The minimum absolute atomic E-state index is 0.146. The lowest BCUT2D eigenvalue weighted by Crippen LogP contribution is -2.21. The van der Waals surface area contributed by atoms with Gasteiger partial charge in [0, 0.05) is 32.7 Å². The lowest BCUT2D eigenvalue weighted by molar-refractivity contribution is -0.118. The molecule has 6 rings (SSSR count). The first-order chi connectivity index (χ1) is 21.3. The van der Waals surface area contributed by atoms with Gasteiger partial charge in [0.1, 0.15) is 11.4 Å². The molecule has 0 saturated carbocycles. The highest BCUT2D eigenvalue weighted by Crippen LogP contribution is 2.34. The van der Waals surface area contributed by atoms with Gasteiger partial charge in [0.05, 0.1) is 24.2 Å². The van der Waals surface area contributed by atoms with Crippen molar-refractivity contribution in [2.75, 3.05) is 19.0 Å². The van der Waals surface area contributed by atoms with Crippen LogP contribution in [-0.4, -0.2) is 35.5 Å². The van der Waals surface area contributed by atoms with Gasteiger partial charge in [-0.15, -0.1) is 0 Å². The van der Waals surface area contributed by atoms with Gasteiger partial charge in [-0.3, -0.25) is 9.59 Å². The molecular weight excluding hydrogens is 610 g/mol. The molecule has 0 aliphatic carbocycles. The molecule has 0 atom stereocenters. The second-order valence-electron chi connectivity index (χ2n) is 9.48. The topological polar surface area (TPSA) is 108 Å².